The van der Waals surface area contributed by atoms with Crippen LogP contribution >= 0.6 is 0 Å². The molecule has 1 saturated carbocycles. The molecule has 1 aliphatic rings. The maximum Gasteiger partial charge on any atom is 0.159 e. The molecule has 2 rings (SSSR count). The fraction of sp³-hybridized carbons (Fsp3) is 0.538. The van der Waals surface area contributed by atoms with Gasteiger partial charge in [-0.1, -0.05) is 6.07 Å². The standard InChI is InChI=1S/C13H17F2NO/c14-11-2-1-10(7-12(11)15)8-16-9-13(3-4-13)5-6-17/h1-2,7,16-17H,3-6,8-9H2. The van der Waals surface area contributed by atoms with Crippen LogP contribution in [0.2, 0.25) is 0 Å². The van der Waals surface area contributed by atoms with Gasteiger partial charge in [0.2, 0.25) is 0 Å². The Morgan fingerprint density at radius 2 is 2.00 bits per heavy atom. The molecule has 94 valence electrons. The molecule has 17 heavy (non-hydrogen) atoms. The molecule has 1 aliphatic carbocycles. The Balaban J connectivity index is 1.80. The molecule has 0 amide bonds. The van der Waals surface area contributed by atoms with E-state index in [2.05, 4.69) is 5.32 Å². The van der Waals surface area contributed by atoms with Gasteiger partial charge in [-0.05, 0) is 42.4 Å². The van der Waals surface area contributed by atoms with Crippen molar-refractivity contribution in [3.63, 3.8) is 0 Å². The van der Waals surface area contributed by atoms with Crippen molar-refractivity contribution >= 4 is 0 Å². The molecule has 0 heterocycles. The van der Waals surface area contributed by atoms with Gasteiger partial charge in [0, 0.05) is 19.7 Å². The molecule has 1 aromatic carbocycles. The second-order valence-electron chi connectivity index (χ2n) is 4.83. The molecule has 0 spiro atoms. The van der Waals surface area contributed by atoms with Crippen molar-refractivity contribution in [3.05, 3.63) is 35.4 Å². The fourth-order valence-electron chi connectivity index (χ4n) is 2.05. The van der Waals surface area contributed by atoms with Crippen molar-refractivity contribution in [1.29, 1.82) is 0 Å². The smallest absolute Gasteiger partial charge is 0.159 e. The molecule has 0 bridgehead atoms. The number of hydrogen-bond acceptors (Lipinski definition) is 2. The Morgan fingerprint density at radius 1 is 1.24 bits per heavy atom. The van der Waals surface area contributed by atoms with E-state index >= 15 is 0 Å². The van der Waals surface area contributed by atoms with Crippen LogP contribution in [0.4, 0.5) is 8.78 Å². The van der Waals surface area contributed by atoms with Crippen molar-refractivity contribution < 1.29 is 13.9 Å². The van der Waals surface area contributed by atoms with Gasteiger partial charge in [-0.15, -0.1) is 0 Å². The molecule has 0 aromatic heterocycles. The molecule has 1 aromatic rings. The van der Waals surface area contributed by atoms with E-state index in [9.17, 15) is 8.78 Å². The molecule has 2 N–H and O–H groups in total. The zero-order chi connectivity index (χ0) is 12.3. The highest BCUT2D eigenvalue weighted by Gasteiger charge is 2.41. The van der Waals surface area contributed by atoms with Crippen LogP contribution in [0.1, 0.15) is 24.8 Å². The summed E-state index contributed by atoms with van der Waals surface area (Å²) in [6.45, 7) is 1.57. The van der Waals surface area contributed by atoms with Gasteiger partial charge < -0.3 is 10.4 Å². The molecule has 2 nitrogen and oxygen atoms in total. The van der Waals surface area contributed by atoms with Crippen LogP contribution in [0, 0.1) is 17.0 Å². The molecule has 0 unspecified atom stereocenters. The van der Waals surface area contributed by atoms with Crippen LogP contribution in [-0.2, 0) is 6.54 Å². The minimum absolute atomic E-state index is 0.215. The molecule has 0 saturated heterocycles. The van der Waals surface area contributed by atoms with Crippen molar-refractivity contribution in [2.75, 3.05) is 13.2 Å². The average molecular weight is 241 g/mol. The van der Waals surface area contributed by atoms with E-state index in [1.165, 1.54) is 6.07 Å². The van der Waals surface area contributed by atoms with Crippen LogP contribution < -0.4 is 5.32 Å². The Labute approximate surface area is 99.7 Å². The van der Waals surface area contributed by atoms with E-state index in [1.807, 2.05) is 0 Å². The largest absolute Gasteiger partial charge is 0.396 e. The zero-order valence-corrected chi connectivity index (χ0v) is 9.68. The number of rotatable bonds is 6. The van der Waals surface area contributed by atoms with E-state index < -0.39 is 11.6 Å². The first-order chi connectivity index (χ1) is 8.15. The SMILES string of the molecule is OCCC1(CNCc2ccc(F)c(F)c2)CC1. The zero-order valence-electron chi connectivity index (χ0n) is 9.68. The third-order valence-electron chi connectivity index (χ3n) is 3.41. The fourth-order valence-corrected chi connectivity index (χ4v) is 2.05. The first-order valence-electron chi connectivity index (χ1n) is 5.91. The van der Waals surface area contributed by atoms with Gasteiger partial charge in [-0.25, -0.2) is 8.78 Å². The van der Waals surface area contributed by atoms with Crippen LogP contribution in [0.5, 0.6) is 0 Å². The normalized spacial score (nSPS) is 17.1. The van der Waals surface area contributed by atoms with Crippen molar-refractivity contribution in [2.45, 2.75) is 25.8 Å². The first-order valence-corrected chi connectivity index (χ1v) is 5.91. The van der Waals surface area contributed by atoms with Crippen LogP contribution in [0.25, 0.3) is 0 Å². The molecular formula is C13H17F2NO. The minimum Gasteiger partial charge on any atom is -0.396 e. The molecule has 0 radical (unpaired) electrons. The highest BCUT2D eigenvalue weighted by Crippen LogP contribution is 2.47. The van der Waals surface area contributed by atoms with E-state index in [1.54, 1.807) is 6.07 Å². The summed E-state index contributed by atoms with van der Waals surface area (Å²) in [5, 5.41) is 12.1. The van der Waals surface area contributed by atoms with Crippen LogP contribution in [0.3, 0.4) is 0 Å². The van der Waals surface area contributed by atoms with Crippen molar-refractivity contribution in [3.8, 4) is 0 Å². The predicted octanol–water partition coefficient (Wildman–Crippen LogP) is 2.22. The highest BCUT2D eigenvalue weighted by atomic mass is 19.2. The monoisotopic (exact) mass is 241 g/mol. The average Bonchev–Trinajstić information content (AvgIpc) is 3.04. The van der Waals surface area contributed by atoms with Crippen molar-refractivity contribution in [1.82, 2.24) is 5.32 Å². The van der Waals surface area contributed by atoms with Gasteiger partial charge in [0.1, 0.15) is 0 Å². The van der Waals surface area contributed by atoms with Crippen LogP contribution in [-0.4, -0.2) is 18.3 Å². The summed E-state index contributed by atoms with van der Waals surface area (Å²) in [5.41, 5.74) is 0.983. The Hall–Kier alpha value is -1.00. The number of hydrogen-bond donors (Lipinski definition) is 2. The number of nitrogens with one attached hydrogen (secondary N) is 1. The molecular weight excluding hydrogens is 224 g/mol. The second kappa shape index (κ2) is 5.10. The van der Waals surface area contributed by atoms with Crippen molar-refractivity contribution in [2.24, 2.45) is 5.41 Å². The van der Waals surface area contributed by atoms with E-state index in [-0.39, 0.29) is 12.0 Å². The third-order valence-corrected chi connectivity index (χ3v) is 3.41. The van der Waals surface area contributed by atoms with Gasteiger partial charge in [0.25, 0.3) is 0 Å². The van der Waals surface area contributed by atoms with E-state index in [0.29, 0.717) is 6.54 Å². The number of halogens is 2. The van der Waals surface area contributed by atoms with E-state index in [0.717, 1.165) is 37.4 Å². The topological polar surface area (TPSA) is 32.3 Å². The van der Waals surface area contributed by atoms with Gasteiger partial charge in [-0.3, -0.25) is 0 Å². The summed E-state index contributed by atoms with van der Waals surface area (Å²) in [5.74, 6) is -1.62. The lowest BCUT2D eigenvalue weighted by atomic mass is 10.0. The maximum absolute atomic E-state index is 12.9. The summed E-state index contributed by atoms with van der Waals surface area (Å²) in [6.07, 6.45) is 3.09. The second-order valence-corrected chi connectivity index (χ2v) is 4.83. The Kier molecular flexibility index (Phi) is 3.74. The van der Waals surface area contributed by atoms with Crippen LogP contribution in [0.15, 0.2) is 18.2 Å². The number of benzene rings is 1. The summed E-state index contributed by atoms with van der Waals surface area (Å²) in [4.78, 5) is 0. The first kappa shape index (κ1) is 12.5. The van der Waals surface area contributed by atoms with Gasteiger partial charge in [-0.2, -0.15) is 0 Å². The van der Waals surface area contributed by atoms with E-state index in [4.69, 9.17) is 5.11 Å². The Morgan fingerprint density at radius 3 is 2.59 bits per heavy atom. The summed E-state index contributed by atoms with van der Waals surface area (Å²) in [6, 6.07) is 3.94. The lowest BCUT2D eigenvalue weighted by Crippen LogP contribution is -2.24. The number of aliphatic hydroxyl groups excluding tert-OH is 1. The Bertz CT molecular complexity index is 391. The van der Waals surface area contributed by atoms with Gasteiger partial charge in [0.15, 0.2) is 11.6 Å². The number of aliphatic hydroxyl groups is 1. The third kappa shape index (κ3) is 3.23. The quantitative estimate of drug-likeness (QED) is 0.800. The molecule has 4 heteroatoms. The molecule has 0 aliphatic heterocycles. The lowest BCUT2D eigenvalue weighted by molar-refractivity contribution is 0.245. The van der Waals surface area contributed by atoms with Gasteiger partial charge >= 0.3 is 0 Å². The maximum atomic E-state index is 12.9. The summed E-state index contributed by atoms with van der Waals surface area (Å²) in [7, 11) is 0. The predicted molar refractivity (Wildman–Crippen MR) is 61.4 cm³/mol. The van der Waals surface area contributed by atoms with Gasteiger partial charge in [0.05, 0.1) is 0 Å². The summed E-state index contributed by atoms with van der Waals surface area (Å²) < 4.78 is 25.6. The minimum atomic E-state index is -0.812. The summed E-state index contributed by atoms with van der Waals surface area (Å²) >= 11 is 0. The highest BCUT2D eigenvalue weighted by molar-refractivity contribution is 5.17. The molecule has 1 fully saturated rings. The lowest BCUT2D eigenvalue weighted by Gasteiger charge is -2.14. The molecule has 0 atom stereocenters.